The maximum absolute atomic E-state index is 13.6. The summed E-state index contributed by atoms with van der Waals surface area (Å²) >= 11 is 0. The monoisotopic (exact) mass is 456 g/mol. The van der Waals surface area contributed by atoms with Crippen LogP contribution < -0.4 is 5.32 Å². The number of methoxy groups -OCH3 is 1. The second kappa shape index (κ2) is 11.5. The van der Waals surface area contributed by atoms with Crippen molar-refractivity contribution in [1.82, 2.24) is 10.2 Å². The number of ether oxygens (including phenoxy) is 3. The molecule has 0 aromatic carbocycles. The highest BCUT2D eigenvalue weighted by atomic mass is 16.6. The molecule has 184 valence electrons. The third kappa shape index (κ3) is 9.44. The number of carbonyl (C=O) groups is 4. The summed E-state index contributed by atoms with van der Waals surface area (Å²) in [6.45, 7) is 11.5. The average Bonchev–Trinajstić information content (AvgIpc) is 2.67. The van der Waals surface area contributed by atoms with Gasteiger partial charge in [-0.25, -0.2) is 4.79 Å². The highest BCUT2D eigenvalue weighted by molar-refractivity contribution is 5.92. The van der Waals surface area contributed by atoms with Crippen molar-refractivity contribution in [2.45, 2.75) is 104 Å². The molecule has 2 atom stereocenters. The first kappa shape index (κ1) is 27.7. The van der Waals surface area contributed by atoms with Gasteiger partial charge in [0.05, 0.1) is 13.0 Å². The minimum atomic E-state index is -1.26. The molecule has 0 spiro atoms. The number of nitrogens with one attached hydrogen (secondary N) is 1. The van der Waals surface area contributed by atoms with Gasteiger partial charge in [-0.15, -0.1) is 0 Å². The number of hydrogen-bond donors (Lipinski definition) is 1. The lowest BCUT2D eigenvalue weighted by Gasteiger charge is -2.37. The molecule has 1 aliphatic carbocycles. The van der Waals surface area contributed by atoms with Crippen molar-refractivity contribution in [2.75, 3.05) is 13.7 Å². The van der Waals surface area contributed by atoms with Crippen LogP contribution >= 0.6 is 0 Å². The molecular weight excluding hydrogens is 416 g/mol. The van der Waals surface area contributed by atoms with Crippen LogP contribution in [0.3, 0.4) is 0 Å². The summed E-state index contributed by atoms with van der Waals surface area (Å²) in [5, 5.41) is 2.55. The third-order valence-corrected chi connectivity index (χ3v) is 5.04. The van der Waals surface area contributed by atoms with Crippen molar-refractivity contribution >= 4 is 23.9 Å². The Labute approximate surface area is 191 Å². The second-order valence-corrected chi connectivity index (χ2v) is 10.3. The van der Waals surface area contributed by atoms with Crippen LogP contribution in [0.5, 0.6) is 0 Å². The van der Waals surface area contributed by atoms with Gasteiger partial charge in [0.1, 0.15) is 23.8 Å². The average molecular weight is 457 g/mol. The quantitative estimate of drug-likeness (QED) is 0.462. The van der Waals surface area contributed by atoms with Crippen LogP contribution in [-0.4, -0.2) is 65.8 Å². The van der Waals surface area contributed by atoms with Gasteiger partial charge >= 0.3 is 18.0 Å². The molecule has 1 saturated carbocycles. The number of hydrogen-bond acceptors (Lipinski definition) is 7. The lowest BCUT2D eigenvalue weighted by atomic mass is 9.92. The van der Waals surface area contributed by atoms with E-state index in [1.807, 2.05) is 0 Å². The zero-order valence-corrected chi connectivity index (χ0v) is 20.8. The third-order valence-electron chi connectivity index (χ3n) is 5.04. The Morgan fingerprint density at radius 3 is 1.94 bits per heavy atom. The number of rotatable bonds is 7. The molecule has 0 saturated heterocycles. The van der Waals surface area contributed by atoms with E-state index in [2.05, 4.69) is 5.32 Å². The van der Waals surface area contributed by atoms with Crippen LogP contribution in [0.1, 0.15) is 80.6 Å². The van der Waals surface area contributed by atoms with E-state index in [1.54, 1.807) is 41.5 Å². The zero-order valence-electron chi connectivity index (χ0n) is 20.8. The fourth-order valence-electron chi connectivity index (χ4n) is 3.53. The Balaban J connectivity index is 3.23. The summed E-state index contributed by atoms with van der Waals surface area (Å²) in [5.74, 6) is -2.73. The van der Waals surface area contributed by atoms with Gasteiger partial charge < -0.3 is 24.4 Å². The SMILES string of the molecule is COC(=O)CN(C(=O)C(NC(=O)OC(C)(C)C)[C@H](C)C(=O)OC(C)(C)C)C1CCCCC1. The molecule has 1 rings (SSSR count). The second-order valence-electron chi connectivity index (χ2n) is 10.3. The smallest absolute Gasteiger partial charge is 0.408 e. The molecule has 0 radical (unpaired) electrons. The van der Waals surface area contributed by atoms with Gasteiger partial charge in [-0.3, -0.25) is 14.4 Å². The van der Waals surface area contributed by atoms with Gasteiger partial charge in [-0.2, -0.15) is 0 Å². The van der Waals surface area contributed by atoms with E-state index in [0.717, 1.165) is 32.1 Å². The molecule has 0 bridgehead atoms. The van der Waals surface area contributed by atoms with Crippen molar-refractivity contribution in [1.29, 1.82) is 0 Å². The molecule has 0 aromatic rings. The Morgan fingerprint density at radius 1 is 0.938 bits per heavy atom. The van der Waals surface area contributed by atoms with E-state index in [0.29, 0.717) is 0 Å². The van der Waals surface area contributed by atoms with Crippen LogP contribution in [-0.2, 0) is 28.6 Å². The lowest BCUT2D eigenvalue weighted by molar-refractivity contribution is -0.163. The highest BCUT2D eigenvalue weighted by Crippen LogP contribution is 2.25. The maximum Gasteiger partial charge on any atom is 0.408 e. The summed E-state index contributed by atoms with van der Waals surface area (Å²) in [4.78, 5) is 52.4. The molecule has 2 amide bonds. The lowest BCUT2D eigenvalue weighted by Crippen LogP contribution is -2.58. The van der Waals surface area contributed by atoms with Crippen molar-refractivity contribution in [3.05, 3.63) is 0 Å². The molecule has 1 aliphatic rings. The zero-order chi connectivity index (χ0) is 24.7. The molecule has 0 heterocycles. The Bertz CT molecular complexity index is 673. The molecule has 1 unspecified atom stereocenters. The number of carbonyl (C=O) groups excluding carboxylic acids is 4. The van der Waals surface area contributed by atoms with E-state index in [1.165, 1.54) is 18.9 Å². The summed E-state index contributed by atoms with van der Waals surface area (Å²) < 4.78 is 15.5. The topological polar surface area (TPSA) is 111 Å². The van der Waals surface area contributed by atoms with Crippen LogP contribution in [0, 0.1) is 5.92 Å². The van der Waals surface area contributed by atoms with E-state index in [-0.39, 0.29) is 12.6 Å². The molecule has 0 aromatic heterocycles. The summed E-state index contributed by atoms with van der Waals surface area (Å²) in [6.07, 6.45) is 3.58. The van der Waals surface area contributed by atoms with E-state index >= 15 is 0 Å². The van der Waals surface area contributed by atoms with Crippen LogP contribution in [0.15, 0.2) is 0 Å². The van der Waals surface area contributed by atoms with Gasteiger partial charge in [-0.05, 0) is 61.3 Å². The Hall–Kier alpha value is -2.32. The maximum atomic E-state index is 13.6. The van der Waals surface area contributed by atoms with E-state index < -0.39 is 47.1 Å². The molecule has 9 heteroatoms. The predicted octanol–water partition coefficient (Wildman–Crippen LogP) is 3.19. The first-order chi connectivity index (χ1) is 14.6. The Kier molecular flexibility index (Phi) is 9.97. The van der Waals surface area contributed by atoms with Crippen LogP contribution in [0.25, 0.3) is 0 Å². The number of amides is 2. The van der Waals surface area contributed by atoms with Gasteiger partial charge in [0, 0.05) is 6.04 Å². The Morgan fingerprint density at radius 2 is 1.47 bits per heavy atom. The summed E-state index contributed by atoms with van der Waals surface area (Å²) in [7, 11) is 1.26. The van der Waals surface area contributed by atoms with Gasteiger partial charge in [0.25, 0.3) is 0 Å². The number of esters is 2. The van der Waals surface area contributed by atoms with Gasteiger partial charge in [-0.1, -0.05) is 19.3 Å². The first-order valence-electron chi connectivity index (χ1n) is 11.2. The summed E-state index contributed by atoms with van der Waals surface area (Å²) in [5.41, 5.74) is -1.55. The van der Waals surface area contributed by atoms with Crippen LogP contribution in [0.2, 0.25) is 0 Å². The predicted molar refractivity (Wildman–Crippen MR) is 119 cm³/mol. The standard InChI is InChI=1S/C23H40N2O7/c1-15(20(28)31-22(2,3)4)18(24-21(29)32-23(5,6)7)19(27)25(14-17(26)30-8)16-12-10-9-11-13-16/h15-16,18H,9-14H2,1-8H3,(H,24,29)/t15-,18?/m0/s1. The van der Waals surface area contributed by atoms with Crippen molar-refractivity contribution < 1.29 is 33.4 Å². The molecular formula is C23H40N2O7. The molecule has 0 aliphatic heterocycles. The van der Waals surface area contributed by atoms with Gasteiger partial charge in [0.2, 0.25) is 5.91 Å². The minimum absolute atomic E-state index is 0.177. The van der Waals surface area contributed by atoms with E-state index in [4.69, 9.17) is 14.2 Å². The minimum Gasteiger partial charge on any atom is -0.468 e. The van der Waals surface area contributed by atoms with Gasteiger partial charge in [0.15, 0.2) is 0 Å². The van der Waals surface area contributed by atoms with Crippen molar-refractivity contribution in [3.63, 3.8) is 0 Å². The normalized spacial score (nSPS) is 17.0. The molecule has 1 N–H and O–H groups in total. The highest BCUT2D eigenvalue weighted by Gasteiger charge is 2.40. The number of nitrogens with zero attached hydrogens (tertiary/aromatic N) is 1. The largest absolute Gasteiger partial charge is 0.468 e. The van der Waals surface area contributed by atoms with Crippen molar-refractivity contribution in [2.24, 2.45) is 5.92 Å². The molecule has 32 heavy (non-hydrogen) atoms. The molecule has 1 fully saturated rings. The summed E-state index contributed by atoms with van der Waals surface area (Å²) in [6, 6.07) is -1.43. The number of alkyl carbamates (subject to hydrolysis) is 1. The fraction of sp³-hybridized carbons (Fsp3) is 0.826. The molecule has 9 nitrogen and oxygen atoms in total. The van der Waals surface area contributed by atoms with Crippen molar-refractivity contribution in [3.8, 4) is 0 Å². The first-order valence-corrected chi connectivity index (χ1v) is 11.2. The van der Waals surface area contributed by atoms with E-state index in [9.17, 15) is 19.2 Å². The fourth-order valence-corrected chi connectivity index (χ4v) is 3.53. The van der Waals surface area contributed by atoms with Crippen LogP contribution in [0.4, 0.5) is 4.79 Å².